The molecule has 1 aliphatic rings. The predicted molar refractivity (Wildman–Crippen MR) is 103 cm³/mol. The third-order valence-electron chi connectivity index (χ3n) is 4.73. The van der Waals surface area contributed by atoms with E-state index in [9.17, 15) is 4.79 Å². The van der Waals surface area contributed by atoms with Crippen LogP contribution in [-0.4, -0.2) is 17.1 Å². The number of benzene rings is 1. The van der Waals surface area contributed by atoms with Crippen molar-refractivity contribution >= 4 is 23.2 Å². The van der Waals surface area contributed by atoms with Crippen LogP contribution < -0.4 is 16.2 Å². The summed E-state index contributed by atoms with van der Waals surface area (Å²) in [6.07, 6.45) is 4.88. The lowest BCUT2D eigenvalue weighted by molar-refractivity contribution is 0.0943. The predicted octanol–water partition coefficient (Wildman–Crippen LogP) is 3.67. The molecule has 0 unspecified atom stereocenters. The van der Waals surface area contributed by atoms with Gasteiger partial charge in [0.1, 0.15) is 0 Å². The van der Waals surface area contributed by atoms with Crippen molar-refractivity contribution in [1.29, 1.82) is 0 Å². The molecular formula is C19H29N3OS. The Hall–Kier alpha value is -1.62. The number of hydrogen-bond donors (Lipinski definition) is 3. The first-order valence-corrected chi connectivity index (χ1v) is 9.15. The van der Waals surface area contributed by atoms with Gasteiger partial charge in [0, 0.05) is 11.6 Å². The van der Waals surface area contributed by atoms with Gasteiger partial charge in [-0.25, -0.2) is 0 Å². The van der Waals surface area contributed by atoms with Crippen molar-refractivity contribution in [3.8, 4) is 0 Å². The van der Waals surface area contributed by atoms with Gasteiger partial charge in [-0.15, -0.1) is 0 Å². The second-order valence-electron chi connectivity index (χ2n) is 7.75. The van der Waals surface area contributed by atoms with Gasteiger partial charge in [-0.1, -0.05) is 52.7 Å². The highest BCUT2D eigenvalue weighted by molar-refractivity contribution is 7.80. The zero-order valence-electron chi connectivity index (χ0n) is 15.1. The maximum absolute atomic E-state index is 12.2. The lowest BCUT2D eigenvalue weighted by atomic mass is 9.86. The van der Waals surface area contributed by atoms with Gasteiger partial charge in [0.05, 0.1) is 0 Å². The number of hydrazine groups is 1. The standard InChI is InChI=1S/C19H29N3OS/c1-13-7-5-6-8-16(13)20-18(24)22-21-17(23)14-9-11-15(12-10-14)19(2,3)4/h9-13,16H,5-8H2,1-4H3,(H,21,23)(H2,20,22,24)/t13-,16-/m1/s1. The fourth-order valence-corrected chi connectivity index (χ4v) is 3.24. The van der Waals surface area contributed by atoms with Crippen molar-refractivity contribution in [2.24, 2.45) is 5.92 Å². The van der Waals surface area contributed by atoms with Crippen LogP contribution in [0, 0.1) is 5.92 Å². The smallest absolute Gasteiger partial charge is 0.269 e. The van der Waals surface area contributed by atoms with Crippen LogP contribution in [0.1, 0.15) is 69.3 Å². The molecule has 1 saturated carbocycles. The van der Waals surface area contributed by atoms with Gasteiger partial charge >= 0.3 is 0 Å². The van der Waals surface area contributed by atoms with Crippen LogP contribution in [0.3, 0.4) is 0 Å². The molecule has 4 nitrogen and oxygen atoms in total. The van der Waals surface area contributed by atoms with E-state index in [4.69, 9.17) is 12.2 Å². The largest absolute Gasteiger partial charge is 0.358 e. The Morgan fingerprint density at radius 2 is 1.71 bits per heavy atom. The maximum atomic E-state index is 12.2. The van der Waals surface area contributed by atoms with Crippen LogP contribution in [0.5, 0.6) is 0 Å². The summed E-state index contributed by atoms with van der Waals surface area (Å²) >= 11 is 5.29. The summed E-state index contributed by atoms with van der Waals surface area (Å²) in [5.41, 5.74) is 7.38. The second kappa shape index (κ2) is 7.97. The molecule has 24 heavy (non-hydrogen) atoms. The molecule has 1 aliphatic carbocycles. The number of rotatable bonds is 2. The molecule has 5 heteroatoms. The highest BCUT2D eigenvalue weighted by Gasteiger charge is 2.21. The van der Waals surface area contributed by atoms with Gasteiger partial charge in [0.2, 0.25) is 0 Å². The molecule has 0 aliphatic heterocycles. The monoisotopic (exact) mass is 347 g/mol. The molecule has 0 spiro atoms. The average Bonchev–Trinajstić information content (AvgIpc) is 2.54. The summed E-state index contributed by atoms with van der Waals surface area (Å²) in [5, 5.41) is 3.79. The molecule has 2 rings (SSSR count). The van der Waals surface area contributed by atoms with Crippen LogP contribution >= 0.6 is 12.2 Å². The molecule has 0 radical (unpaired) electrons. The lowest BCUT2D eigenvalue weighted by Gasteiger charge is -2.30. The summed E-state index contributed by atoms with van der Waals surface area (Å²) in [5.74, 6) is 0.426. The highest BCUT2D eigenvalue weighted by Crippen LogP contribution is 2.23. The molecule has 1 aromatic carbocycles. The topological polar surface area (TPSA) is 53.2 Å². The molecule has 0 aromatic heterocycles. The van der Waals surface area contributed by atoms with Crippen LogP contribution in [0.15, 0.2) is 24.3 Å². The quantitative estimate of drug-likeness (QED) is 0.564. The molecule has 132 valence electrons. The van der Waals surface area contributed by atoms with E-state index in [0.717, 1.165) is 6.42 Å². The first-order valence-electron chi connectivity index (χ1n) is 8.75. The van der Waals surface area contributed by atoms with Crippen LogP contribution in [0.4, 0.5) is 0 Å². The van der Waals surface area contributed by atoms with Gasteiger partial charge in [0.25, 0.3) is 5.91 Å². The third kappa shape index (κ3) is 5.20. The van der Waals surface area contributed by atoms with E-state index in [2.05, 4.69) is 43.9 Å². The zero-order chi connectivity index (χ0) is 17.7. The van der Waals surface area contributed by atoms with E-state index in [-0.39, 0.29) is 11.3 Å². The van der Waals surface area contributed by atoms with E-state index in [1.54, 1.807) is 0 Å². The highest BCUT2D eigenvalue weighted by atomic mass is 32.1. The van der Waals surface area contributed by atoms with Crippen LogP contribution in [0.25, 0.3) is 0 Å². The minimum atomic E-state index is -0.184. The first kappa shape index (κ1) is 18.7. The molecule has 0 saturated heterocycles. The maximum Gasteiger partial charge on any atom is 0.269 e. The molecule has 1 aromatic rings. The summed E-state index contributed by atoms with van der Waals surface area (Å²) in [7, 11) is 0. The van der Waals surface area contributed by atoms with Crippen molar-refractivity contribution in [1.82, 2.24) is 16.2 Å². The fraction of sp³-hybridized carbons (Fsp3) is 0.579. The van der Waals surface area contributed by atoms with Crippen LogP contribution in [-0.2, 0) is 5.41 Å². The SMILES string of the molecule is C[C@@H]1CCCC[C@H]1NC(=S)NNC(=O)c1ccc(C(C)(C)C)cc1. The minimum Gasteiger partial charge on any atom is -0.358 e. The number of nitrogens with one attached hydrogen (secondary N) is 3. The Labute approximate surface area is 150 Å². The average molecular weight is 348 g/mol. The Balaban J connectivity index is 1.83. The minimum absolute atomic E-state index is 0.0788. The molecular weight excluding hydrogens is 318 g/mol. The van der Waals surface area contributed by atoms with Crippen molar-refractivity contribution in [2.45, 2.75) is 64.8 Å². The number of carbonyl (C=O) groups is 1. The Kier molecular flexibility index (Phi) is 6.21. The first-order chi connectivity index (χ1) is 11.3. The van der Waals surface area contributed by atoms with Crippen LogP contribution in [0.2, 0.25) is 0 Å². The Morgan fingerprint density at radius 3 is 2.29 bits per heavy atom. The molecule has 0 heterocycles. The van der Waals surface area contributed by atoms with Crippen molar-refractivity contribution < 1.29 is 4.79 Å². The normalized spacial score (nSPS) is 21.0. The van der Waals surface area contributed by atoms with Gasteiger partial charge in [0.15, 0.2) is 5.11 Å². The van der Waals surface area contributed by atoms with Gasteiger partial charge in [-0.3, -0.25) is 15.6 Å². The molecule has 2 atom stereocenters. The zero-order valence-corrected chi connectivity index (χ0v) is 15.9. The molecule has 1 amide bonds. The van der Waals surface area contributed by atoms with E-state index in [1.807, 2.05) is 24.3 Å². The van der Waals surface area contributed by atoms with Crippen molar-refractivity contribution in [3.05, 3.63) is 35.4 Å². The number of hydrogen-bond acceptors (Lipinski definition) is 2. The van der Waals surface area contributed by atoms with E-state index in [0.29, 0.717) is 22.6 Å². The van der Waals surface area contributed by atoms with Gasteiger partial charge in [-0.05, 0) is 54.1 Å². The third-order valence-corrected chi connectivity index (χ3v) is 4.95. The fourth-order valence-electron chi connectivity index (χ4n) is 3.04. The van der Waals surface area contributed by atoms with Gasteiger partial charge in [-0.2, -0.15) is 0 Å². The van der Waals surface area contributed by atoms with E-state index >= 15 is 0 Å². The second-order valence-corrected chi connectivity index (χ2v) is 8.16. The summed E-state index contributed by atoms with van der Waals surface area (Å²) in [4.78, 5) is 12.2. The molecule has 0 bridgehead atoms. The Morgan fingerprint density at radius 1 is 1.08 bits per heavy atom. The molecule has 3 N–H and O–H groups in total. The van der Waals surface area contributed by atoms with E-state index < -0.39 is 0 Å². The van der Waals surface area contributed by atoms with Gasteiger partial charge < -0.3 is 5.32 Å². The number of amides is 1. The number of carbonyl (C=O) groups excluding carboxylic acids is 1. The summed E-state index contributed by atoms with van der Waals surface area (Å²) in [6.45, 7) is 8.70. The summed E-state index contributed by atoms with van der Waals surface area (Å²) in [6, 6.07) is 8.07. The summed E-state index contributed by atoms with van der Waals surface area (Å²) < 4.78 is 0. The lowest BCUT2D eigenvalue weighted by Crippen LogP contribution is -2.51. The molecule has 1 fully saturated rings. The van der Waals surface area contributed by atoms with Crippen molar-refractivity contribution in [3.63, 3.8) is 0 Å². The number of thiocarbonyl (C=S) groups is 1. The van der Waals surface area contributed by atoms with Crippen molar-refractivity contribution in [2.75, 3.05) is 0 Å². The Bertz CT molecular complexity index is 577. The van der Waals surface area contributed by atoms with E-state index in [1.165, 1.54) is 24.8 Å².